The topological polar surface area (TPSA) is 55.1 Å². The standard InChI is InChI=1S/C11H12ClFN2OS/c1-2-6(10(14)17)11(16)15-9-7(12)4-3-5-8(9)13/h3-6H,2H2,1H3,(H2,14,17)(H,15,16). The monoisotopic (exact) mass is 274 g/mol. The van der Waals surface area contributed by atoms with Crippen LogP contribution in [0.5, 0.6) is 0 Å². The number of anilines is 1. The molecular weight excluding hydrogens is 263 g/mol. The van der Waals surface area contributed by atoms with Crippen LogP contribution in [0.1, 0.15) is 13.3 Å². The number of rotatable bonds is 4. The van der Waals surface area contributed by atoms with Crippen molar-refractivity contribution in [1.29, 1.82) is 0 Å². The Labute approximate surface area is 109 Å². The minimum absolute atomic E-state index is 0.0473. The predicted octanol–water partition coefficient (Wildman–Crippen LogP) is 2.73. The van der Waals surface area contributed by atoms with Gasteiger partial charge in [0.15, 0.2) is 0 Å². The largest absolute Gasteiger partial charge is 0.393 e. The molecule has 0 bridgehead atoms. The lowest BCUT2D eigenvalue weighted by atomic mass is 10.1. The summed E-state index contributed by atoms with van der Waals surface area (Å²) in [4.78, 5) is 11.9. The van der Waals surface area contributed by atoms with Gasteiger partial charge in [-0.25, -0.2) is 4.39 Å². The minimum atomic E-state index is -0.624. The molecule has 0 aliphatic carbocycles. The zero-order valence-corrected chi connectivity index (χ0v) is 10.7. The summed E-state index contributed by atoms with van der Waals surface area (Å²) in [5.41, 5.74) is 5.37. The molecule has 17 heavy (non-hydrogen) atoms. The minimum Gasteiger partial charge on any atom is -0.393 e. The van der Waals surface area contributed by atoms with Crippen molar-refractivity contribution in [3.8, 4) is 0 Å². The molecule has 0 radical (unpaired) electrons. The van der Waals surface area contributed by atoms with Crippen LogP contribution in [0.4, 0.5) is 10.1 Å². The summed E-state index contributed by atoms with van der Waals surface area (Å²) in [6.45, 7) is 1.77. The van der Waals surface area contributed by atoms with E-state index in [9.17, 15) is 9.18 Å². The lowest BCUT2D eigenvalue weighted by molar-refractivity contribution is -0.118. The number of hydrogen-bond acceptors (Lipinski definition) is 2. The summed E-state index contributed by atoms with van der Waals surface area (Å²) < 4.78 is 13.4. The third-order valence-electron chi connectivity index (χ3n) is 2.28. The SMILES string of the molecule is CCC(C(=O)Nc1c(F)cccc1Cl)C(N)=S. The quantitative estimate of drug-likeness (QED) is 0.830. The van der Waals surface area contributed by atoms with Gasteiger partial charge in [-0.05, 0) is 18.6 Å². The molecule has 0 fully saturated rings. The molecule has 1 aromatic carbocycles. The Morgan fingerprint density at radius 1 is 1.65 bits per heavy atom. The van der Waals surface area contributed by atoms with Gasteiger partial charge in [0.2, 0.25) is 5.91 Å². The summed E-state index contributed by atoms with van der Waals surface area (Å²) in [7, 11) is 0. The molecule has 92 valence electrons. The fourth-order valence-corrected chi connectivity index (χ4v) is 1.83. The highest BCUT2D eigenvalue weighted by Crippen LogP contribution is 2.25. The molecule has 1 unspecified atom stereocenters. The maximum absolute atomic E-state index is 13.4. The molecule has 0 aromatic heterocycles. The normalized spacial score (nSPS) is 11.9. The van der Waals surface area contributed by atoms with Crippen molar-refractivity contribution < 1.29 is 9.18 Å². The Morgan fingerprint density at radius 3 is 2.76 bits per heavy atom. The molecule has 0 aliphatic rings. The molecule has 0 saturated carbocycles. The number of nitrogens with one attached hydrogen (secondary N) is 1. The lowest BCUT2D eigenvalue weighted by Crippen LogP contribution is -2.33. The molecule has 1 atom stereocenters. The first kappa shape index (κ1) is 13.9. The molecule has 0 heterocycles. The van der Waals surface area contributed by atoms with Crippen LogP contribution < -0.4 is 11.1 Å². The summed E-state index contributed by atoms with van der Waals surface area (Å²) in [5.74, 6) is -1.67. The van der Waals surface area contributed by atoms with Crippen LogP contribution in [0.3, 0.4) is 0 Å². The van der Waals surface area contributed by atoms with Crippen LogP contribution in [-0.2, 0) is 4.79 Å². The summed E-state index contributed by atoms with van der Waals surface area (Å²) in [6, 6.07) is 4.16. The van der Waals surface area contributed by atoms with Gasteiger partial charge in [-0.3, -0.25) is 4.79 Å². The Hall–Kier alpha value is -1.20. The third-order valence-corrected chi connectivity index (χ3v) is 2.88. The maximum atomic E-state index is 13.4. The van der Waals surface area contributed by atoms with Crippen LogP contribution >= 0.6 is 23.8 Å². The van der Waals surface area contributed by atoms with Gasteiger partial charge < -0.3 is 11.1 Å². The fraction of sp³-hybridized carbons (Fsp3) is 0.273. The Morgan fingerprint density at radius 2 is 2.29 bits per heavy atom. The average molecular weight is 275 g/mol. The number of hydrogen-bond donors (Lipinski definition) is 2. The molecule has 0 aliphatic heterocycles. The second kappa shape index (κ2) is 5.93. The van der Waals surface area contributed by atoms with E-state index in [-0.39, 0.29) is 15.7 Å². The molecule has 3 N–H and O–H groups in total. The van der Waals surface area contributed by atoms with Crippen molar-refractivity contribution in [3.63, 3.8) is 0 Å². The van der Waals surface area contributed by atoms with Gasteiger partial charge in [0, 0.05) is 0 Å². The zero-order chi connectivity index (χ0) is 13.0. The second-order valence-corrected chi connectivity index (χ2v) is 4.33. The number of halogens is 2. The van der Waals surface area contributed by atoms with Crippen LogP contribution in [0, 0.1) is 11.7 Å². The maximum Gasteiger partial charge on any atom is 0.234 e. The first-order chi connectivity index (χ1) is 7.97. The van der Waals surface area contributed by atoms with E-state index < -0.39 is 17.6 Å². The van der Waals surface area contributed by atoms with E-state index in [2.05, 4.69) is 5.32 Å². The van der Waals surface area contributed by atoms with E-state index in [1.807, 2.05) is 0 Å². The van der Waals surface area contributed by atoms with Gasteiger partial charge in [-0.1, -0.05) is 36.8 Å². The highest BCUT2D eigenvalue weighted by molar-refractivity contribution is 7.80. The van der Waals surface area contributed by atoms with E-state index >= 15 is 0 Å². The van der Waals surface area contributed by atoms with Gasteiger partial charge in [0.25, 0.3) is 0 Å². The Kier molecular flexibility index (Phi) is 4.84. The Bertz CT molecular complexity index is 433. The molecular formula is C11H12ClFN2OS. The van der Waals surface area contributed by atoms with Crippen molar-refractivity contribution in [2.24, 2.45) is 11.7 Å². The summed E-state index contributed by atoms with van der Waals surface area (Å²) >= 11 is 10.5. The highest BCUT2D eigenvalue weighted by atomic mass is 35.5. The van der Waals surface area contributed by atoms with Crippen molar-refractivity contribution in [1.82, 2.24) is 0 Å². The van der Waals surface area contributed by atoms with Crippen molar-refractivity contribution >= 4 is 40.4 Å². The van der Waals surface area contributed by atoms with Crippen LogP contribution in [-0.4, -0.2) is 10.9 Å². The first-order valence-electron chi connectivity index (χ1n) is 5.01. The van der Waals surface area contributed by atoms with Crippen molar-refractivity contribution in [2.45, 2.75) is 13.3 Å². The van der Waals surface area contributed by atoms with Crippen molar-refractivity contribution in [2.75, 3.05) is 5.32 Å². The van der Waals surface area contributed by atoms with Gasteiger partial charge in [0.1, 0.15) is 5.82 Å². The fourth-order valence-electron chi connectivity index (χ4n) is 1.34. The van der Waals surface area contributed by atoms with Crippen LogP contribution in [0.15, 0.2) is 18.2 Å². The van der Waals surface area contributed by atoms with Gasteiger partial charge in [-0.2, -0.15) is 0 Å². The van der Waals surface area contributed by atoms with Crippen LogP contribution in [0.2, 0.25) is 5.02 Å². The predicted molar refractivity (Wildman–Crippen MR) is 70.6 cm³/mol. The molecule has 1 rings (SSSR count). The van der Waals surface area contributed by atoms with E-state index in [4.69, 9.17) is 29.6 Å². The molecule has 0 saturated heterocycles. The Balaban J connectivity index is 2.91. The van der Waals surface area contributed by atoms with E-state index in [1.54, 1.807) is 6.92 Å². The molecule has 6 heteroatoms. The van der Waals surface area contributed by atoms with E-state index in [0.717, 1.165) is 0 Å². The number of carbonyl (C=O) groups is 1. The smallest absolute Gasteiger partial charge is 0.234 e. The first-order valence-corrected chi connectivity index (χ1v) is 5.80. The number of benzene rings is 1. The number of thiocarbonyl (C=S) groups is 1. The molecule has 0 spiro atoms. The average Bonchev–Trinajstić information content (AvgIpc) is 2.24. The number of nitrogens with two attached hydrogens (primary N) is 1. The summed E-state index contributed by atoms with van der Waals surface area (Å²) in [6.07, 6.45) is 0.452. The molecule has 3 nitrogen and oxygen atoms in total. The van der Waals surface area contributed by atoms with Gasteiger partial charge >= 0.3 is 0 Å². The highest BCUT2D eigenvalue weighted by Gasteiger charge is 2.21. The van der Waals surface area contributed by atoms with Gasteiger partial charge in [0.05, 0.1) is 21.6 Å². The van der Waals surface area contributed by atoms with E-state index in [0.29, 0.717) is 6.42 Å². The van der Waals surface area contributed by atoms with Crippen molar-refractivity contribution in [3.05, 3.63) is 29.0 Å². The number of carbonyl (C=O) groups excluding carboxylic acids is 1. The zero-order valence-electron chi connectivity index (χ0n) is 9.17. The molecule has 1 aromatic rings. The van der Waals surface area contributed by atoms with E-state index in [1.165, 1.54) is 18.2 Å². The van der Waals surface area contributed by atoms with Crippen LogP contribution in [0.25, 0.3) is 0 Å². The summed E-state index contributed by atoms with van der Waals surface area (Å²) in [5, 5.41) is 2.53. The third kappa shape index (κ3) is 3.38. The number of amides is 1. The molecule has 1 amide bonds. The van der Waals surface area contributed by atoms with Gasteiger partial charge in [-0.15, -0.1) is 0 Å². The lowest BCUT2D eigenvalue weighted by Gasteiger charge is -2.14. The number of para-hydroxylation sites is 1. The second-order valence-electron chi connectivity index (χ2n) is 3.45.